The van der Waals surface area contributed by atoms with Crippen molar-refractivity contribution >= 4 is 17.7 Å². The number of likely N-dealkylation sites (tertiary alicyclic amines) is 1. The van der Waals surface area contributed by atoms with Gasteiger partial charge < -0.3 is 19.4 Å². The fourth-order valence-electron chi connectivity index (χ4n) is 4.38. The Labute approximate surface area is 172 Å². The Morgan fingerprint density at radius 3 is 2.69 bits per heavy atom. The van der Waals surface area contributed by atoms with E-state index in [4.69, 9.17) is 4.74 Å². The van der Waals surface area contributed by atoms with Crippen molar-refractivity contribution in [2.45, 2.75) is 52.0 Å². The van der Waals surface area contributed by atoms with E-state index < -0.39 is 0 Å². The molecule has 7 heteroatoms. The predicted octanol–water partition coefficient (Wildman–Crippen LogP) is 3.44. The van der Waals surface area contributed by atoms with Crippen LogP contribution in [0.4, 0.5) is 14.9 Å². The molecule has 2 aliphatic heterocycles. The maximum atomic E-state index is 13.5. The number of carbonyl (C=O) groups is 2. The number of amides is 2. The predicted molar refractivity (Wildman–Crippen MR) is 111 cm³/mol. The number of fused-ring (bicyclic) bond motifs is 1. The van der Waals surface area contributed by atoms with Crippen molar-refractivity contribution in [3.63, 3.8) is 0 Å². The monoisotopic (exact) mass is 405 g/mol. The van der Waals surface area contributed by atoms with Gasteiger partial charge in [-0.25, -0.2) is 9.18 Å². The molecule has 0 saturated carbocycles. The molecule has 0 radical (unpaired) electrons. The van der Waals surface area contributed by atoms with E-state index in [1.54, 1.807) is 11.0 Å². The Morgan fingerprint density at radius 2 is 2.00 bits per heavy atom. The van der Waals surface area contributed by atoms with E-state index in [1.165, 1.54) is 12.1 Å². The van der Waals surface area contributed by atoms with Crippen LogP contribution in [0.2, 0.25) is 0 Å². The van der Waals surface area contributed by atoms with Crippen LogP contribution in [-0.4, -0.2) is 67.2 Å². The van der Waals surface area contributed by atoms with Crippen molar-refractivity contribution < 1.29 is 18.7 Å². The summed E-state index contributed by atoms with van der Waals surface area (Å²) in [5.41, 5.74) is 1.67. The molecule has 6 nitrogen and oxygen atoms in total. The molecule has 0 unspecified atom stereocenters. The van der Waals surface area contributed by atoms with Crippen molar-refractivity contribution in [3.8, 4) is 0 Å². The highest BCUT2D eigenvalue weighted by Gasteiger charge is 2.34. The second kappa shape index (κ2) is 10.1. The molecule has 0 aromatic heterocycles. The minimum absolute atomic E-state index is 0.0775. The first-order valence-electron chi connectivity index (χ1n) is 10.8. The molecule has 2 heterocycles. The number of ether oxygens (including phenoxy) is 1. The molecule has 2 aliphatic rings. The number of rotatable bonds is 8. The summed E-state index contributed by atoms with van der Waals surface area (Å²) in [5.74, 6) is -0.207. The SMILES string of the molecule is CCCN(CCCN1CCC(N2C(=O)Cc3cc(F)ccc32)CC1)C(=O)OCC. The van der Waals surface area contributed by atoms with Crippen molar-refractivity contribution in [2.24, 2.45) is 0 Å². The van der Waals surface area contributed by atoms with Crippen LogP contribution in [-0.2, 0) is 16.0 Å². The Balaban J connectivity index is 1.46. The molecule has 1 aromatic carbocycles. The lowest BCUT2D eigenvalue weighted by Gasteiger charge is -2.37. The Hall–Kier alpha value is -2.15. The van der Waals surface area contributed by atoms with Gasteiger partial charge >= 0.3 is 6.09 Å². The lowest BCUT2D eigenvalue weighted by molar-refractivity contribution is -0.118. The fourth-order valence-corrected chi connectivity index (χ4v) is 4.38. The van der Waals surface area contributed by atoms with Gasteiger partial charge in [-0.2, -0.15) is 0 Å². The molecule has 160 valence electrons. The van der Waals surface area contributed by atoms with Gasteiger partial charge in [-0.3, -0.25) is 4.79 Å². The number of carbonyl (C=O) groups excluding carboxylic acids is 2. The van der Waals surface area contributed by atoms with Crippen LogP contribution in [0.25, 0.3) is 0 Å². The number of benzene rings is 1. The molecule has 0 aliphatic carbocycles. The zero-order valence-electron chi connectivity index (χ0n) is 17.5. The minimum Gasteiger partial charge on any atom is -0.450 e. The first kappa shape index (κ1) is 21.6. The second-order valence-corrected chi connectivity index (χ2v) is 7.83. The molecule has 29 heavy (non-hydrogen) atoms. The average molecular weight is 406 g/mol. The first-order chi connectivity index (χ1) is 14.0. The van der Waals surface area contributed by atoms with Crippen molar-refractivity contribution in [2.75, 3.05) is 44.2 Å². The van der Waals surface area contributed by atoms with Crippen molar-refractivity contribution in [3.05, 3.63) is 29.6 Å². The quantitative estimate of drug-likeness (QED) is 0.665. The van der Waals surface area contributed by atoms with E-state index in [0.29, 0.717) is 19.6 Å². The number of anilines is 1. The molecule has 1 aromatic rings. The van der Waals surface area contributed by atoms with Gasteiger partial charge in [0.1, 0.15) is 5.82 Å². The van der Waals surface area contributed by atoms with E-state index in [1.807, 2.05) is 11.8 Å². The number of nitrogens with zero attached hydrogens (tertiary/aromatic N) is 3. The molecule has 0 spiro atoms. The molecule has 2 amide bonds. The van der Waals surface area contributed by atoms with Gasteiger partial charge in [0.2, 0.25) is 5.91 Å². The van der Waals surface area contributed by atoms with Crippen LogP contribution < -0.4 is 4.90 Å². The number of halogens is 1. The normalized spacial score (nSPS) is 17.5. The van der Waals surface area contributed by atoms with Gasteiger partial charge in [-0.1, -0.05) is 6.92 Å². The molecule has 1 fully saturated rings. The van der Waals surface area contributed by atoms with Gasteiger partial charge in [0.15, 0.2) is 0 Å². The smallest absolute Gasteiger partial charge is 0.409 e. The van der Waals surface area contributed by atoms with E-state index >= 15 is 0 Å². The summed E-state index contributed by atoms with van der Waals surface area (Å²) < 4.78 is 18.6. The summed E-state index contributed by atoms with van der Waals surface area (Å²) in [6.45, 7) is 8.50. The highest BCUT2D eigenvalue weighted by atomic mass is 19.1. The third-order valence-corrected chi connectivity index (χ3v) is 5.76. The van der Waals surface area contributed by atoms with Gasteiger partial charge in [-0.05, 0) is 62.9 Å². The number of hydrogen-bond donors (Lipinski definition) is 0. The first-order valence-corrected chi connectivity index (χ1v) is 10.8. The maximum Gasteiger partial charge on any atom is 0.409 e. The summed E-state index contributed by atoms with van der Waals surface area (Å²) in [4.78, 5) is 30.5. The molecule has 1 saturated heterocycles. The summed E-state index contributed by atoms with van der Waals surface area (Å²) in [6.07, 6.45) is 3.73. The van der Waals surface area contributed by atoms with Crippen LogP contribution in [0.1, 0.15) is 45.1 Å². The second-order valence-electron chi connectivity index (χ2n) is 7.83. The van der Waals surface area contributed by atoms with Gasteiger partial charge in [0.05, 0.1) is 13.0 Å². The number of piperidine rings is 1. The lowest BCUT2D eigenvalue weighted by atomic mass is 10.0. The highest BCUT2D eigenvalue weighted by molar-refractivity contribution is 6.01. The van der Waals surface area contributed by atoms with Crippen LogP contribution in [0.3, 0.4) is 0 Å². The van der Waals surface area contributed by atoms with Crippen LogP contribution in [0.5, 0.6) is 0 Å². The largest absolute Gasteiger partial charge is 0.450 e. The van der Waals surface area contributed by atoms with Gasteiger partial charge in [0, 0.05) is 37.9 Å². The third-order valence-electron chi connectivity index (χ3n) is 5.76. The molecule has 3 rings (SSSR count). The Kier molecular flexibility index (Phi) is 7.47. The summed E-state index contributed by atoms with van der Waals surface area (Å²) >= 11 is 0. The summed E-state index contributed by atoms with van der Waals surface area (Å²) in [6, 6.07) is 4.83. The van der Waals surface area contributed by atoms with Gasteiger partial charge in [-0.15, -0.1) is 0 Å². The number of hydrogen-bond acceptors (Lipinski definition) is 4. The van der Waals surface area contributed by atoms with Crippen LogP contribution >= 0.6 is 0 Å². The summed E-state index contributed by atoms with van der Waals surface area (Å²) in [5, 5.41) is 0. The van der Waals surface area contributed by atoms with E-state index in [9.17, 15) is 14.0 Å². The summed E-state index contributed by atoms with van der Waals surface area (Å²) in [7, 11) is 0. The van der Waals surface area contributed by atoms with Gasteiger partial charge in [0.25, 0.3) is 0 Å². The van der Waals surface area contributed by atoms with Crippen molar-refractivity contribution in [1.29, 1.82) is 0 Å². The van der Waals surface area contributed by atoms with E-state index in [2.05, 4.69) is 11.8 Å². The zero-order valence-corrected chi connectivity index (χ0v) is 17.5. The highest BCUT2D eigenvalue weighted by Crippen LogP contribution is 2.33. The standard InChI is InChI=1S/C22H32FN3O3/c1-3-10-25(22(28)29-4-2)12-5-11-24-13-8-19(9-14-24)26-20-7-6-18(23)15-17(20)16-21(26)27/h6-7,15,19H,3-5,8-14,16H2,1-2H3. The molecular weight excluding hydrogens is 373 g/mol. The lowest BCUT2D eigenvalue weighted by Crippen LogP contribution is -2.46. The molecule has 0 atom stereocenters. The van der Waals surface area contributed by atoms with E-state index in [0.717, 1.165) is 63.1 Å². The van der Waals surface area contributed by atoms with Crippen molar-refractivity contribution in [1.82, 2.24) is 9.80 Å². The molecular formula is C22H32FN3O3. The zero-order chi connectivity index (χ0) is 20.8. The topological polar surface area (TPSA) is 53.1 Å². The van der Waals surface area contributed by atoms with E-state index in [-0.39, 0.29) is 23.9 Å². The maximum absolute atomic E-state index is 13.5. The van der Waals surface area contributed by atoms with Crippen LogP contribution in [0.15, 0.2) is 18.2 Å². The van der Waals surface area contributed by atoms with Crippen LogP contribution in [0, 0.1) is 5.82 Å². The third kappa shape index (κ3) is 5.26. The average Bonchev–Trinajstić information content (AvgIpc) is 3.02. The molecule has 0 bridgehead atoms. The molecule has 0 N–H and O–H groups in total. The minimum atomic E-state index is -0.284. The fraction of sp³-hybridized carbons (Fsp3) is 0.636. The Bertz CT molecular complexity index is 719. The Morgan fingerprint density at radius 1 is 1.24 bits per heavy atom.